The van der Waals surface area contributed by atoms with E-state index in [1.165, 1.54) is 18.3 Å². The smallest absolute Gasteiger partial charge is 0.350 e. The van der Waals surface area contributed by atoms with Crippen LogP contribution in [-0.4, -0.2) is 35.1 Å². The van der Waals surface area contributed by atoms with Crippen LogP contribution in [0.5, 0.6) is 0 Å². The lowest BCUT2D eigenvalue weighted by Crippen LogP contribution is -2.09. The summed E-state index contributed by atoms with van der Waals surface area (Å²) in [6.45, 7) is 0.464. The molecule has 0 saturated heterocycles. The van der Waals surface area contributed by atoms with E-state index in [4.69, 9.17) is 0 Å². The summed E-state index contributed by atoms with van der Waals surface area (Å²) in [6.07, 6.45) is -0.419. The molecule has 4 heterocycles. The number of hydrogen-bond acceptors (Lipinski definition) is 7. The largest absolute Gasteiger partial charge is 0.434 e. The van der Waals surface area contributed by atoms with E-state index in [9.17, 15) is 13.2 Å². The van der Waals surface area contributed by atoms with Gasteiger partial charge in [-0.3, -0.25) is 10.1 Å². The molecular weight excluding hydrogens is 381 g/mol. The van der Waals surface area contributed by atoms with Crippen LogP contribution in [0.3, 0.4) is 0 Å². The van der Waals surface area contributed by atoms with Gasteiger partial charge in [-0.15, -0.1) is 0 Å². The van der Waals surface area contributed by atoms with Gasteiger partial charge in [0.2, 0.25) is 5.95 Å². The van der Waals surface area contributed by atoms with Crippen LogP contribution >= 0.6 is 11.8 Å². The number of rotatable bonds is 5. The van der Waals surface area contributed by atoms with Crippen LogP contribution in [0.4, 0.5) is 19.1 Å². The Morgan fingerprint density at radius 3 is 2.78 bits per heavy atom. The van der Waals surface area contributed by atoms with Crippen molar-refractivity contribution < 1.29 is 13.2 Å². The summed E-state index contributed by atoms with van der Waals surface area (Å²) in [4.78, 5) is 19.0. The molecule has 0 unspecified atom stereocenters. The predicted molar refractivity (Wildman–Crippen MR) is 91.0 cm³/mol. The first-order valence-electron chi connectivity index (χ1n) is 7.64. The van der Waals surface area contributed by atoms with Crippen LogP contribution < -0.4 is 5.32 Å². The molecule has 8 nitrogen and oxygen atoms in total. The Labute approximate surface area is 154 Å². The second-order valence-corrected chi connectivity index (χ2v) is 6.41. The van der Waals surface area contributed by atoms with Crippen LogP contribution in [0.1, 0.15) is 11.4 Å². The Kier molecular flexibility index (Phi) is 4.39. The fourth-order valence-electron chi connectivity index (χ4n) is 2.27. The number of hydrogen-bond donors (Lipinski definition) is 3. The molecule has 12 heteroatoms. The van der Waals surface area contributed by atoms with Crippen LogP contribution in [0.25, 0.3) is 11.3 Å². The molecule has 0 aliphatic rings. The number of pyridine rings is 1. The van der Waals surface area contributed by atoms with Gasteiger partial charge in [-0.1, -0.05) is 11.8 Å². The van der Waals surface area contributed by atoms with Crippen molar-refractivity contribution in [2.75, 3.05) is 5.32 Å². The third-order valence-corrected chi connectivity index (χ3v) is 4.40. The van der Waals surface area contributed by atoms with Crippen molar-refractivity contribution in [1.29, 1.82) is 0 Å². The Morgan fingerprint density at radius 2 is 2.00 bits per heavy atom. The molecule has 0 aromatic carbocycles. The maximum atomic E-state index is 13.1. The number of alkyl halides is 3. The van der Waals surface area contributed by atoms with Gasteiger partial charge in [0.15, 0.2) is 17.0 Å². The summed E-state index contributed by atoms with van der Waals surface area (Å²) in [5, 5.41) is 9.99. The van der Waals surface area contributed by atoms with Crippen molar-refractivity contribution in [1.82, 2.24) is 35.1 Å². The molecule has 0 spiro atoms. The number of fused-ring (bicyclic) bond motifs is 1. The van der Waals surface area contributed by atoms with Crippen molar-refractivity contribution in [2.24, 2.45) is 0 Å². The summed E-state index contributed by atoms with van der Waals surface area (Å²) in [5.41, 5.74) is 0.628. The number of H-pyrrole nitrogens is 2. The van der Waals surface area contributed by atoms with Gasteiger partial charge < -0.3 is 10.3 Å². The van der Waals surface area contributed by atoms with Gasteiger partial charge in [0, 0.05) is 17.3 Å². The highest BCUT2D eigenvalue weighted by Gasteiger charge is 2.35. The van der Waals surface area contributed by atoms with E-state index < -0.39 is 11.9 Å². The van der Waals surface area contributed by atoms with Crippen molar-refractivity contribution >= 4 is 29.0 Å². The second kappa shape index (κ2) is 6.87. The normalized spacial score (nSPS) is 11.8. The lowest BCUT2D eigenvalue weighted by atomic mass is 10.3. The molecule has 0 radical (unpaired) electrons. The first-order chi connectivity index (χ1) is 13.0. The molecule has 0 saturated carbocycles. The molecule has 0 bridgehead atoms. The lowest BCUT2D eigenvalue weighted by molar-refractivity contribution is -0.143. The highest BCUT2D eigenvalue weighted by atomic mass is 32.2. The minimum absolute atomic E-state index is 0.0493. The Morgan fingerprint density at radius 1 is 1.11 bits per heavy atom. The summed E-state index contributed by atoms with van der Waals surface area (Å²) >= 11 is 0.833. The van der Waals surface area contributed by atoms with Gasteiger partial charge in [0.1, 0.15) is 5.03 Å². The number of imidazole rings is 1. The number of nitrogens with one attached hydrogen (secondary N) is 3. The van der Waals surface area contributed by atoms with E-state index in [1.54, 1.807) is 6.20 Å². The minimum atomic E-state index is -4.54. The molecule has 4 rings (SSSR count). The third-order valence-electron chi connectivity index (χ3n) is 3.44. The van der Waals surface area contributed by atoms with Crippen molar-refractivity contribution in [3.8, 4) is 0 Å². The summed E-state index contributed by atoms with van der Waals surface area (Å²) < 4.78 is 39.2. The average molecular weight is 392 g/mol. The Balaban J connectivity index is 1.55. The highest BCUT2D eigenvalue weighted by Crippen LogP contribution is 2.37. The molecule has 0 fully saturated rings. The summed E-state index contributed by atoms with van der Waals surface area (Å²) in [7, 11) is 0. The molecule has 27 heavy (non-hydrogen) atoms. The minimum Gasteiger partial charge on any atom is -0.350 e. The quantitative estimate of drug-likeness (QED) is 0.478. The predicted octanol–water partition coefficient (Wildman–Crippen LogP) is 3.25. The zero-order valence-corrected chi connectivity index (χ0v) is 14.3. The fourth-order valence-corrected chi connectivity index (χ4v) is 3.14. The van der Waals surface area contributed by atoms with E-state index in [0.717, 1.165) is 23.7 Å². The number of anilines is 1. The van der Waals surface area contributed by atoms with Crippen LogP contribution in [0.15, 0.2) is 46.7 Å². The molecule has 0 amide bonds. The van der Waals surface area contributed by atoms with E-state index >= 15 is 0 Å². The first-order valence-corrected chi connectivity index (χ1v) is 8.45. The van der Waals surface area contributed by atoms with Gasteiger partial charge in [-0.25, -0.2) is 9.97 Å². The SMILES string of the molecule is FC(F)(F)c1ncccc1Sc1cnc2[nH]c(NCc3ccn[nH]3)nc2n1. The first kappa shape index (κ1) is 17.3. The third kappa shape index (κ3) is 3.84. The van der Waals surface area contributed by atoms with Crippen molar-refractivity contribution in [3.05, 3.63) is 48.2 Å². The zero-order chi connectivity index (χ0) is 18.9. The maximum Gasteiger partial charge on any atom is 0.434 e. The monoisotopic (exact) mass is 392 g/mol. The van der Waals surface area contributed by atoms with E-state index in [2.05, 4.69) is 40.4 Å². The Bertz CT molecular complexity index is 1060. The van der Waals surface area contributed by atoms with Crippen LogP contribution in [0.2, 0.25) is 0 Å². The number of aromatic nitrogens is 7. The second-order valence-electron chi connectivity index (χ2n) is 5.35. The van der Waals surface area contributed by atoms with E-state index in [-0.39, 0.29) is 9.92 Å². The molecule has 0 atom stereocenters. The number of aromatic amines is 2. The van der Waals surface area contributed by atoms with Crippen LogP contribution in [-0.2, 0) is 12.7 Å². The molecule has 4 aromatic heterocycles. The van der Waals surface area contributed by atoms with E-state index in [0.29, 0.717) is 23.8 Å². The van der Waals surface area contributed by atoms with Gasteiger partial charge in [-0.2, -0.15) is 23.3 Å². The molecule has 0 aliphatic carbocycles. The van der Waals surface area contributed by atoms with E-state index in [1.807, 2.05) is 6.07 Å². The molecule has 3 N–H and O–H groups in total. The molecule has 138 valence electrons. The highest BCUT2D eigenvalue weighted by molar-refractivity contribution is 7.99. The standard InChI is InChI=1S/C15H11F3N8S/c16-15(17,18)11-9(2-1-4-19-11)27-10-7-20-12-13(23-10)25-14(24-12)21-6-8-3-5-22-26-8/h1-5,7H,6H2,(H,22,26)(H2,20,21,23,24,25). The van der Waals surface area contributed by atoms with Crippen molar-refractivity contribution in [3.63, 3.8) is 0 Å². The molecule has 4 aromatic rings. The maximum absolute atomic E-state index is 13.1. The van der Waals surface area contributed by atoms with Gasteiger partial charge >= 0.3 is 6.18 Å². The Hall–Kier alpha value is -3.15. The lowest BCUT2D eigenvalue weighted by Gasteiger charge is -2.09. The zero-order valence-electron chi connectivity index (χ0n) is 13.4. The van der Waals surface area contributed by atoms with Crippen molar-refractivity contribution in [2.45, 2.75) is 22.6 Å². The summed E-state index contributed by atoms with van der Waals surface area (Å²) in [6, 6.07) is 4.59. The molecule has 0 aliphatic heterocycles. The number of nitrogens with zero attached hydrogens (tertiary/aromatic N) is 5. The van der Waals surface area contributed by atoms with Gasteiger partial charge in [-0.05, 0) is 18.2 Å². The van der Waals surface area contributed by atoms with Gasteiger partial charge in [0.25, 0.3) is 0 Å². The molecular formula is C15H11F3N8S. The average Bonchev–Trinajstić information content (AvgIpc) is 3.28. The topological polar surface area (TPSA) is 108 Å². The summed E-state index contributed by atoms with van der Waals surface area (Å²) in [5.74, 6) is 0.444. The fraction of sp³-hybridized carbons (Fsp3) is 0.133. The number of halogens is 3. The van der Waals surface area contributed by atoms with Gasteiger partial charge in [0.05, 0.1) is 18.4 Å². The van der Waals surface area contributed by atoms with Crippen LogP contribution in [0, 0.1) is 0 Å².